The summed E-state index contributed by atoms with van der Waals surface area (Å²) in [6.45, 7) is 9.35. The van der Waals surface area contributed by atoms with Gasteiger partial charge in [0.05, 0.1) is 0 Å². The third-order valence-corrected chi connectivity index (χ3v) is 1.75. The predicted octanol–water partition coefficient (Wildman–Crippen LogP) is 3.11. The third-order valence-electron chi connectivity index (χ3n) is 1.75. The van der Waals surface area contributed by atoms with Crippen molar-refractivity contribution < 1.29 is 4.74 Å². The van der Waals surface area contributed by atoms with Gasteiger partial charge in [-0.2, -0.15) is 0 Å². The minimum Gasteiger partial charge on any atom is -0.440 e. The highest BCUT2D eigenvalue weighted by Crippen LogP contribution is 2.11. The summed E-state index contributed by atoms with van der Waals surface area (Å²) < 4.78 is 5.33. The molecule has 0 unspecified atom stereocenters. The first-order chi connectivity index (χ1) is 6.76. The average Bonchev–Trinajstić information content (AvgIpc) is 2.19. The van der Waals surface area contributed by atoms with Gasteiger partial charge in [0.15, 0.2) is 0 Å². The minimum atomic E-state index is 0.520. The van der Waals surface area contributed by atoms with Gasteiger partial charge in [0, 0.05) is 11.8 Å². The van der Waals surface area contributed by atoms with Crippen LogP contribution in [0.25, 0.3) is 0 Å². The molecular weight excluding hydrogens is 174 g/mol. The van der Waals surface area contributed by atoms with E-state index in [1.54, 1.807) is 6.08 Å². The quantitative estimate of drug-likeness (QED) is 0.524. The highest BCUT2D eigenvalue weighted by atomic mass is 16.5. The van der Waals surface area contributed by atoms with E-state index in [0.717, 1.165) is 18.5 Å². The van der Waals surface area contributed by atoms with E-state index in [4.69, 9.17) is 4.74 Å². The first kappa shape index (κ1) is 10.5. The van der Waals surface area contributed by atoms with Gasteiger partial charge in [-0.3, -0.25) is 0 Å². The van der Waals surface area contributed by atoms with E-state index in [0.29, 0.717) is 11.6 Å². The maximum atomic E-state index is 5.33. The monoisotopic (exact) mass is 189 g/mol. The molecule has 0 aliphatic rings. The van der Waals surface area contributed by atoms with Gasteiger partial charge in [-0.1, -0.05) is 32.6 Å². The van der Waals surface area contributed by atoms with Crippen molar-refractivity contribution in [2.75, 3.05) is 0 Å². The lowest BCUT2D eigenvalue weighted by atomic mass is 10.2. The fourth-order valence-electron chi connectivity index (χ4n) is 1.09. The number of aryl methyl sites for hydroxylation is 1. The van der Waals surface area contributed by atoms with Crippen molar-refractivity contribution in [1.82, 2.24) is 4.98 Å². The molecule has 0 atom stereocenters. The molecule has 0 saturated carbocycles. The summed E-state index contributed by atoms with van der Waals surface area (Å²) in [7, 11) is 0. The summed E-state index contributed by atoms with van der Waals surface area (Å²) in [6.07, 6.45) is 3.62. The second-order valence-electron chi connectivity index (χ2n) is 2.99. The molecule has 2 nitrogen and oxygen atoms in total. The highest BCUT2D eigenvalue weighted by Gasteiger charge is 1.98. The van der Waals surface area contributed by atoms with Crippen LogP contribution in [0.15, 0.2) is 43.2 Å². The lowest BCUT2D eigenvalue weighted by molar-refractivity contribution is 0.427. The Hall–Kier alpha value is -1.57. The van der Waals surface area contributed by atoms with Crippen LogP contribution in [0.2, 0.25) is 0 Å². The molecular formula is C12H15NO. The van der Waals surface area contributed by atoms with Gasteiger partial charge >= 0.3 is 0 Å². The fourth-order valence-corrected chi connectivity index (χ4v) is 1.09. The Morgan fingerprint density at radius 1 is 1.57 bits per heavy atom. The maximum absolute atomic E-state index is 5.33. The van der Waals surface area contributed by atoms with Crippen LogP contribution in [0.5, 0.6) is 5.88 Å². The lowest BCUT2D eigenvalue weighted by Crippen LogP contribution is -1.95. The van der Waals surface area contributed by atoms with Crippen molar-refractivity contribution in [3.63, 3.8) is 0 Å². The number of ether oxygens (including phenoxy) is 1. The zero-order chi connectivity index (χ0) is 10.4. The molecule has 0 amide bonds. The molecule has 0 bridgehead atoms. The molecule has 0 saturated heterocycles. The molecule has 0 fully saturated rings. The molecule has 1 rings (SSSR count). The van der Waals surface area contributed by atoms with Crippen molar-refractivity contribution in [2.24, 2.45) is 0 Å². The molecule has 0 N–H and O–H groups in total. The van der Waals surface area contributed by atoms with Gasteiger partial charge in [0.2, 0.25) is 5.88 Å². The van der Waals surface area contributed by atoms with E-state index in [-0.39, 0.29) is 0 Å². The zero-order valence-electron chi connectivity index (χ0n) is 8.49. The molecule has 1 heterocycles. The van der Waals surface area contributed by atoms with Gasteiger partial charge in [0.25, 0.3) is 0 Å². The number of rotatable bonds is 5. The van der Waals surface area contributed by atoms with E-state index < -0.39 is 0 Å². The van der Waals surface area contributed by atoms with E-state index in [9.17, 15) is 0 Å². The van der Waals surface area contributed by atoms with Gasteiger partial charge < -0.3 is 4.74 Å². The SMILES string of the molecule is C=CC(=C)Oc1cccc(CCC)n1. The molecule has 1 aromatic rings. The largest absolute Gasteiger partial charge is 0.440 e. The van der Waals surface area contributed by atoms with Crippen molar-refractivity contribution in [3.8, 4) is 5.88 Å². The van der Waals surface area contributed by atoms with E-state index in [1.165, 1.54) is 0 Å². The lowest BCUT2D eigenvalue weighted by Gasteiger charge is -2.05. The van der Waals surface area contributed by atoms with Crippen LogP contribution in [-0.4, -0.2) is 4.98 Å². The highest BCUT2D eigenvalue weighted by molar-refractivity contribution is 5.19. The number of hydrogen-bond acceptors (Lipinski definition) is 2. The van der Waals surface area contributed by atoms with Crippen molar-refractivity contribution in [1.29, 1.82) is 0 Å². The molecule has 14 heavy (non-hydrogen) atoms. The second kappa shape index (κ2) is 5.22. The summed E-state index contributed by atoms with van der Waals surface area (Å²) in [4.78, 5) is 4.32. The molecule has 0 spiro atoms. The summed E-state index contributed by atoms with van der Waals surface area (Å²) in [6, 6.07) is 5.74. The summed E-state index contributed by atoms with van der Waals surface area (Å²) in [5.41, 5.74) is 1.04. The average molecular weight is 189 g/mol. The van der Waals surface area contributed by atoms with Crippen LogP contribution in [0.4, 0.5) is 0 Å². The Morgan fingerprint density at radius 3 is 3.00 bits per heavy atom. The molecule has 74 valence electrons. The Morgan fingerprint density at radius 2 is 2.36 bits per heavy atom. The number of allylic oxidation sites excluding steroid dienone is 1. The van der Waals surface area contributed by atoms with E-state index in [1.807, 2.05) is 18.2 Å². The number of hydrogen-bond donors (Lipinski definition) is 0. The van der Waals surface area contributed by atoms with Crippen LogP contribution < -0.4 is 4.74 Å². The van der Waals surface area contributed by atoms with Gasteiger partial charge in [0.1, 0.15) is 5.76 Å². The molecule has 0 aliphatic carbocycles. The van der Waals surface area contributed by atoms with Gasteiger partial charge in [-0.05, 0) is 18.6 Å². The Balaban J connectivity index is 2.72. The van der Waals surface area contributed by atoms with Gasteiger partial charge in [-0.15, -0.1) is 0 Å². The third kappa shape index (κ3) is 3.05. The molecule has 2 heteroatoms. The number of nitrogens with zero attached hydrogens (tertiary/aromatic N) is 1. The number of pyridine rings is 1. The van der Waals surface area contributed by atoms with Crippen LogP contribution in [-0.2, 0) is 6.42 Å². The predicted molar refractivity (Wildman–Crippen MR) is 58.2 cm³/mol. The van der Waals surface area contributed by atoms with Gasteiger partial charge in [-0.25, -0.2) is 4.98 Å². The smallest absolute Gasteiger partial charge is 0.219 e. The normalized spacial score (nSPS) is 9.50. The Kier molecular flexibility index (Phi) is 3.92. The van der Waals surface area contributed by atoms with Crippen LogP contribution in [0.1, 0.15) is 19.0 Å². The summed E-state index contributed by atoms with van der Waals surface area (Å²) >= 11 is 0. The molecule has 1 aromatic heterocycles. The molecule has 0 aromatic carbocycles. The molecule has 0 aliphatic heterocycles. The second-order valence-corrected chi connectivity index (χ2v) is 2.99. The summed E-state index contributed by atoms with van der Waals surface area (Å²) in [5.74, 6) is 1.10. The van der Waals surface area contributed by atoms with Crippen LogP contribution in [0, 0.1) is 0 Å². The first-order valence-corrected chi connectivity index (χ1v) is 4.71. The Labute approximate surface area is 84.9 Å². The van der Waals surface area contributed by atoms with Crippen LogP contribution in [0.3, 0.4) is 0 Å². The van der Waals surface area contributed by atoms with Crippen molar-refractivity contribution in [3.05, 3.63) is 48.9 Å². The maximum Gasteiger partial charge on any atom is 0.219 e. The van der Waals surface area contributed by atoms with Crippen LogP contribution >= 0.6 is 0 Å². The topological polar surface area (TPSA) is 22.1 Å². The standard InChI is InChI=1S/C12H15NO/c1-4-7-11-8-6-9-12(13-11)14-10(3)5-2/h5-6,8-9H,2-4,7H2,1H3. The van der Waals surface area contributed by atoms with E-state index in [2.05, 4.69) is 25.1 Å². The first-order valence-electron chi connectivity index (χ1n) is 4.71. The zero-order valence-corrected chi connectivity index (χ0v) is 8.49. The fraction of sp³-hybridized carbons (Fsp3) is 0.250. The van der Waals surface area contributed by atoms with Crippen molar-refractivity contribution in [2.45, 2.75) is 19.8 Å². The Bertz CT molecular complexity index is 331. The minimum absolute atomic E-state index is 0.520. The summed E-state index contributed by atoms with van der Waals surface area (Å²) in [5, 5.41) is 0. The van der Waals surface area contributed by atoms with E-state index >= 15 is 0 Å². The molecule has 0 radical (unpaired) electrons. The van der Waals surface area contributed by atoms with Crippen molar-refractivity contribution >= 4 is 0 Å². The number of aromatic nitrogens is 1.